The SMILES string of the molecule is COc1ccc2c(c1OC)C(c1cccc(C)c1)C1CCCNC21. The van der Waals surface area contributed by atoms with Crippen molar-refractivity contribution in [2.75, 3.05) is 20.8 Å². The predicted molar refractivity (Wildman–Crippen MR) is 96.0 cm³/mol. The van der Waals surface area contributed by atoms with Crippen LogP contribution >= 0.6 is 0 Å². The largest absolute Gasteiger partial charge is 0.493 e. The van der Waals surface area contributed by atoms with Gasteiger partial charge in [0, 0.05) is 17.5 Å². The number of hydrogen-bond acceptors (Lipinski definition) is 3. The molecule has 4 rings (SSSR count). The van der Waals surface area contributed by atoms with E-state index in [-0.39, 0.29) is 0 Å². The van der Waals surface area contributed by atoms with Crippen molar-refractivity contribution in [3.63, 3.8) is 0 Å². The van der Waals surface area contributed by atoms with Gasteiger partial charge in [0.15, 0.2) is 11.5 Å². The van der Waals surface area contributed by atoms with Gasteiger partial charge >= 0.3 is 0 Å². The van der Waals surface area contributed by atoms with Gasteiger partial charge in [0.05, 0.1) is 14.2 Å². The minimum atomic E-state index is 0.364. The summed E-state index contributed by atoms with van der Waals surface area (Å²) in [7, 11) is 3.47. The molecule has 0 bridgehead atoms. The number of nitrogens with one attached hydrogen (secondary N) is 1. The number of ether oxygens (including phenoxy) is 2. The molecule has 24 heavy (non-hydrogen) atoms. The summed E-state index contributed by atoms with van der Waals surface area (Å²) in [5.41, 5.74) is 5.39. The molecule has 1 N–H and O–H groups in total. The first-order valence-electron chi connectivity index (χ1n) is 8.79. The van der Waals surface area contributed by atoms with Crippen molar-refractivity contribution in [1.29, 1.82) is 0 Å². The molecule has 2 aromatic rings. The first-order valence-corrected chi connectivity index (χ1v) is 8.79. The summed E-state index contributed by atoms with van der Waals surface area (Å²) in [5, 5.41) is 3.74. The molecule has 1 heterocycles. The Morgan fingerprint density at radius 1 is 1.08 bits per heavy atom. The second-order valence-electron chi connectivity index (χ2n) is 6.93. The van der Waals surface area contributed by atoms with E-state index in [2.05, 4.69) is 42.6 Å². The lowest BCUT2D eigenvalue weighted by Gasteiger charge is -2.31. The van der Waals surface area contributed by atoms with Gasteiger partial charge in [-0.05, 0) is 49.4 Å². The topological polar surface area (TPSA) is 30.5 Å². The minimum Gasteiger partial charge on any atom is -0.493 e. The zero-order chi connectivity index (χ0) is 16.7. The molecule has 0 saturated carbocycles. The molecule has 1 aliphatic heterocycles. The van der Waals surface area contributed by atoms with Crippen LogP contribution in [-0.2, 0) is 0 Å². The van der Waals surface area contributed by atoms with Gasteiger partial charge in [0.2, 0.25) is 0 Å². The molecule has 2 aliphatic rings. The van der Waals surface area contributed by atoms with Crippen LogP contribution < -0.4 is 14.8 Å². The Hall–Kier alpha value is -2.00. The highest BCUT2D eigenvalue weighted by Crippen LogP contribution is 2.56. The van der Waals surface area contributed by atoms with Crippen LogP contribution in [0.4, 0.5) is 0 Å². The fourth-order valence-corrected chi connectivity index (χ4v) is 4.66. The molecule has 3 heteroatoms. The van der Waals surface area contributed by atoms with Gasteiger partial charge in [0.25, 0.3) is 0 Å². The molecule has 2 aromatic carbocycles. The Labute approximate surface area is 144 Å². The highest BCUT2D eigenvalue weighted by Gasteiger charge is 2.44. The smallest absolute Gasteiger partial charge is 0.164 e. The summed E-state index contributed by atoms with van der Waals surface area (Å²) in [5.74, 6) is 2.67. The minimum absolute atomic E-state index is 0.364. The van der Waals surface area contributed by atoms with Gasteiger partial charge in [-0.25, -0.2) is 0 Å². The third-order valence-corrected chi connectivity index (χ3v) is 5.60. The number of aryl methyl sites for hydroxylation is 1. The lowest BCUT2D eigenvalue weighted by molar-refractivity contribution is 0.285. The highest BCUT2D eigenvalue weighted by atomic mass is 16.5. The lowest BCUT2D eigenvalue weighted by atomic mass is 9.80. The molecule has 1 saturated heterocycles. The summed E-state index contributed by atoms with van der Waals surface area (Å²) >= 11 is 0. The average molecular weight is 323 g/mol. The Kier molecular flexibility index (Phi) is 3.97. The summed E-state index contributed by atoms with van der Waals surface area (Å²) in [6.45, 7) is 3.26. The number of fused-ring (bicyclic) bond motifs is 3. The van der Waals surface area contributed by atoms with Crippen LogP contribution in [0.5, 0.6) is 11.5 Å². The van der Waals surface area contributed by atoms with Crippen molar-refractivity contribution in [2.24, 2.45) is 5.92 Å². The second-order valence-corrected chi connectivity index (χ2v) is 6.93. The maximum atomic E-state index is 5.81. The highest BCUT2D eigenvalue weighted by molar-refractivity contribution is 5.59. The quantitative estimate of drug-likeness (QED) is 0.918. The van der Waals surface area contributed by atoms with Crippen LogP contribution in [0.1, 0.15) is 47.1 Å². The van der Waals surface area contributed by atoms with Gasteiger partial charge in [-0.1, -0.05) is 35.9 Å². The molecule has 3 unspecified atom stereocenters. The number of hydrogen-bond donors (Lipinski definition) is 1. The van der Waals surface area contributed by atoms with Crippen molar-refractivity contribution in [2.45, 2.75) is 31.7 Å². The molecule has 0 aromatic heterocycles. The number of benzene rings is 2. The van der Waals surface area contributed by atoms with Gasteiger partial charge < -0.3 is 14.8 Å². The molecule has 3 atom stereocenters. The van der Waals surface area contributed by atoms with E-state index in [4.69, 9.17) is 9.47 Å². The fourth-order valence-electron chi connectivity index (χ4n) is 4.66. The number of methoxy groups -OCH3 is 2. The van der Waals surface area contributed by atoms with Gasteiger partial charge in [-0.3, -0.25) is 0 Å². The van der Waals surface area contributed by atoms with Gasteiger partial charge in [0.1, 0.15) is 0 Å². The summed E-state index contributed by atoms with van der Waals surface area (Å²) in [4.78, 5) is 0. The maximum absolute atomic E-state index is 5.81. The summed E-state index contributed by atoms with van der Waals surface area (Å²) in [6.07, 6.45) is 2.48. The van der Waals surface area contributed by atoms with Crippen molar-refractivity contribution in [3.8, 4) is 11.5 Å². The second kappa shape index (κ2) is 6.14. The average Bonchev–Trinajstić information content (AvgIpc) is 2.95. The van der Waals surface area contributed by atoms with E-state index in [0.29, 0.717) is 17.9 Å². The monoisotopic (exact) mass is 323 g/mol. The standard InChI is InChI=1S/C21H25NO2/c1-13-6-4-7-14(12-13)18-15-8-5-11-22-20(15)16-9-10-17(23-2)21(24-3)19(16)18/h4,6-7,9-10,12,15,18,20,22H,5,8,11H2,1-3H3. The van der Waals surface area contributed by atoms with Crippen LogP contribution in [-0.4, -0.2) is 20.8 Å². The number of rotatable bonds is 3. The zero-order valence-electron chi connectivity index (χ0n) is 14.6. The van der Waals surface area contributed by atoms with E-state index in [1.807, 2.05) is 6.07 Å². The van der Waals surface area contributed by atoms with E-state index in [1.54, 1.807) is 14.2 Å². The van der Waals surface area contributed by atoms with E-state index in [1.165, 1.54) is 35.1 Å². The Bertz CT molecular complexity index is 755. The fraction of sp³-hybridized carbons (Fsp3) is 0.429. The van der Waals surface area contributed by atoms with E-state index in [9.17, 15) is 0 Å². The molecule has 1 aliphatic carbocycles. The van der Waals surface area contributed by atoms with Crippen molar-refractivity contribution in [3.05, 3.63) is 58.7 Å². The molecule has 1 fully saturated rings. The Balaban J connectivity index is 1.93. The maximum Gasteiger partial charge on any atom is 0.164 e. The van der Waals surface area contributed by atoms with Crippen LogP contribution in [0.2, 0.25) is 0 Å². The van der Waals surface area contributed by atoms with Crippen molar-refractivity contribution in [1.82, 2.24) is 5.32 Å². The summed E-state index contributed by atoms with van der Waals surface area (Å²) in [6, 6.07) is 13.6. The van der Waals surface area contributed by atoms with E-state index < -0.39 is 0 Å². The van der Waals surface area contributed by atoms with Crippen LogP contribution in [0.15, 0.2) is 36.4 Å². The third-order valence-electron chi connectivity index (χ3n) is 5.60. The van der Waals surface area contributed by atoms with Crippen LogP contribution in [0.3, 0.4) is 0 Å². The molecule has 3 nitrogen and oxygen atoms in total. The predicted octanol–water partition coefficient (Wildman–Crippen LogP) is 4.20. The van der Waals surface area contributed by atoms with Crippen molar-refractivity contribution >= 4 is 0 Å². The Morgan fingerprint density at radius 3 is 2.71 bits per heavy atom. The normalized spacial score (nSPS) is 25.0. The first-order chi connectivity index (χ1) is 11.7. The molecular weight excluding hydrogens is 298 g/mol. The molecule has 0 radical (unpaired) electrons. The summed E-state index contributed by atoms with van der Waals surface area (Å²) < 4.78 is 11.4. The molecule has 0 spiro atoms. The van der Waals surface area contributed by atoms with Crippen molar-refractivity contribution < 1.29 is 9.47 Å². The third kappa shape index (κ3) is 2.30. The number of piperidine rings is 1. The van der Waals surface area contributed by atoms with Gasteiger partial charge in [-0.15, -0.1) is 0 Å². The zero-order valence-corrected chi connectivity index (χ0v) is 14.6. The molecule has 126 valence electrons. The first kappa shape index (κ1) is 15.5. The van der Waals surface area contributed by atoms with E-state index in [0.717, 1.165) is 18.0 Å². The van der Waals surface area contributed by atoms with Crippen LogP contribution in [0.25, 0.3) is 0 Å². The Morgan fingerprint density at radius 2 is 1.96 bits per heavy atom. The van der Waals surface area contributed by atoms with Crippen LogP contribution in [0, 0.1) is 12.8 Å². The molecule has 0 amide bonds. The van der Waals surface area contributed by atoms with Gasteiger partial charge in [-0.2, -0.15) is 0 Å². The lowest BCUT2D eigenvalue weighted by Crippen LogP contribution is -2.32. The molecular formula is C21H25NO2. The van der Waals surface area contributed by atoms with E-state index >= 15 is 0 Å².